The zero-order valence-corrected chi connectivity index (χ0v) is 16.5. The SMILES string of the molecule is O=C(c1cc(-c2ccco2)nn1-c1cccc(Cl)c1)N1CCC2(CC1)OCCO2. The molecule has 0 bridgehead atoms. The number of carbonyl (C=O) groups excluding carboxylic acids is 1. The van der Waals surface area contributed by atoms with Crippen molar-refractivity contribution in [3.05, 3.63) is 59.4 Å². The van der Waals surface area contributed by atoms with E-state index >= 15 is 0 Å². The molecule has 29 heavy (non-hydrogen) atoms. The van der Waals surface area contributed by atoms with Gasteiger partial charge in [-0.25, -0.2) is 4.68 Å². The van der Waals surface area contributed by atoms with Gasteiger partial charge >= 0.3 is 0 Å². The quantitative estimate of drug-likeness (QED) is 0.653. The van der Waals surface area contributed by atoms with Gasteiger partial charge < -0.3 is 18.8 Å². The Hall–Kier alpha value is -2.61. The summed E-state index contributed by atoms with van der Waals surface area (Å²) in [5.74, 6) is -0.0168. The van der Waals surface area contributed by atoms with Gasteiger partial charge in [-0.2, -0.15) is 5.10 Å². The second-order valence-electron chi connectivity index (χ2n) is 7.18. The molecule has 0 N–H and O–H groups in total. The van der Waals surface area contributed by atoms with Crippen LogP contribution in [0.3, 0.4) is 0 Å². The van der Waals surface area contributed by atoms with Crippen molar-refractivity contribution in [1.82, 2.24) is 14.7 Å². The molecule has 150 valence electrons. The fraction of sp³-hybridized carbons (Fsp3) is 0.333. The number of rotatable bonds is 3. The molecule has 2 saturated heterocycles. The van der Waals surface area contributed by atoms with Crippen molar-refractivity contribution in [3.8, 4) is 17.1 Å². The maximum atomic E-state index is 13.4. The largest absolute Gasteiger partial charge is 0.463 e. The lowest BCUT2D eigenvalue weighted by Gasteiger charge is -2.37. The molecule has 2 aliphatic rings. The highest BCUT2D eigenvalue weighted by Crippen LogP contribution is 2.32. The van der Waals surface area contributed by atoms with Crippen LogP contribution in [0.5, 0.6) is 0 Å². The number of benzene rings is 1. The molecule has 0 atom stereocenters. The minimum Gasteiger partial charge on any atom is -0.463 e. The Kier molecular flexibility index (Phi) is 4.66. The fourth-order valence-electron chi connectivity index (χ4n) is 3.88. The Labute approximate surface area is 172 Å². The predicted molar refractivity (Wildman–Crippen MR) is 106 cm³/mol. The highest BCUT2D eigenvalue weighted by atomic mass is 35.5. The molecule has 1 amide bonds. The van der Waals surface area contributed by atoms with Crippen LogP contribution in [0.4, 0.5) is 0 Å². The van der Waals surface area contributed by atoms with Gasteiger partial charge in [0.25, 0.3) is 5.91 Å². The second kappa shape index (κ2) is 7.33. The van der Waals surface area contributed by atoms with Crippen molar-refractivity contribution >= 4 is 17.5 Å². The maximum absolute atomic E-state index is 13.4. The molecule has 3 aromatic rings. The third-order valence-electron chi connectivity index (χ3n) is 5.38. The molecular formula is C21H20ClN3O4. The first-order valence-electron chi connectivity index (χ1n) is 9.61. The van der Waals surface area contributed by atoms with Gasteiger partial charge in [0.15, 0.2) is 11.5 Å². The molecule has 0 radical (unpaired) electrons. The molecule has 2 aromatic heterocycles. The Morgan fingerprint density at radius 3 is 2.55 bits per heavy atom. The topological polar surface area (TPSA) is 69.7 Å². The average molecular weight is 414 g/mol. The molecular weight excluding hydrogens is 394 g/mol. The lowest BCUT2D eigenvalue weighted by molar-refractivity contribution is -0.181. The number of hydrogen-bond donors (Lipinski definition) is 0. The molecule has 2 aliphatic heterocycles. The van der Waals surface area contributed by atoms with E-state index in [1.807, 2.05) is 23.1 Å². The minimum absolute atomic E-state index is 0.0943. The standard InChI is InChI=1S/C21H20ClN3O4/c22-15-3-1-4-16(13-15)25-18(14-17(23-25)19-5-2-10-27-19)20(26)24-8-6-21(7-9-24)28-11-12-29-21/h1-5,10,13-14H,6-9,11-12H2. The molecule has 4 heterocycles. The normalized spacial score (nSPS) is 18.4. The van der Waals surface area contributed by atoms with E-state index in [0.29, 0.717) is 61.3 Å². The van der Waals surface area contributed by atoms with Crippen LogP contribution in [0.15, 0.2) is 53.1 Å². The number of halogens is 1. The van der Waals surface area contributed by atoms with Crippen molar-refractivity contribution in [3.63, 3.8) is 0 Å². The van der Waals surface area contributed by atoms with E-state index in [9.17, 15) is 4.79 Å². The maximum Gasteiger partial charge on any atom is 0.272 e. The van der Waals surface area contributed by atoms with Crippen LogP contribution in [0.1, 0.15) is 23.3 Å². The van der Waals surface area contributed by atoms with Crippen LogP contribution < -0.4 is 0 Å². The third kappa shape index (κ3) is 3.46. The molecule has 1 spiro atoms. The lowest BCUT2D eigenvalue weighted by atomic mass is 10.0. The Balaban J connectivity index is 1.47. The van der Waals surface area contributed by atoms with E-state index in [1.165, 1.54) is 0 Å². The number of piperidine rings is 1. The molecule has 8 heteroatoms. The number of likely N-dealkylation sites (tertiary alicyclic amines) is 1. The van der Waals surface area contributed by atoms with Gasteiger partial charge in [-0.3, -0.25) is 4.79 Å². The average Bonchev–Trinajstić information content (AvgIpc) is 3.49. The van der Waals surface area contributed by atoms with Gasteiger partial charge in [0.2, 0.25) is 0 Å². The van der Waals surface area contributed by atoms with Crippen molar-refractivity contribution in [1.29, 1.82) is 0 Å². The van der Waals surface area contributed by atoms with Gasteiger partial charge in [-0.05, 0) is 30.3 Å². The number of furan rings is 1. The van der Waals surface area contributed by atoms with E-state index in [4.69, 9.17) is 25.5 Å². The van der Waals surface area contributed by atoms with Crippen LogP contribution in [-0.4, -0.2) is 52.7 Å². The summed E-state index contributed by atoms with van der Waals surface area (Å²) in [6, 6.07) is 12.6. The predicted octanol–water partition coefficient (Wildman–Crippen LogP) is 3.76. The van der Waals surface area contributed by atoms with Crippen LogP contribution in [0, 0.1) is 0 Å². The summed E-state index contributed by atoms with van der Waals surface area (Å²) in [7, 11) is 0. The number of ether oxygens (including phenoxy) is 2. The van der Waals surface area contributed by atoms with Gasteiger partial charge in [-0.15, -0.1) is 0 Å². The van der Waals surface area contributed by atoms with Gasteiger partial charge in [0.1, 0.15) is 11.4 Å². The molecule has 5 rings (SSSR count). The Morgan fingerprint density at radius 2 is 1.86 bits per heavy atom. The van der Waals surface area contributed by atoms with Crippen LogP contribution in [0.2, 0.25) is 5.02 Å². The number of carbonyl (C=O) groups is 1. The van der Waals surface area contributed by atoms with Gasteiger partial charge in [0, 0.05) is 37.0 Å². The van der Waals surface area contributed by atoms with Crippen LogP contribution in [-0.2, 0) is 9.47 Å². The van der Waals surface area contributed by atoms with Gasteiger partial charge in [-0.1, -0.05) is 17.7 Å². The number of aromatic nitrogens is 2. The summed E-state index contributed by atoms with van der Waals surface area (Å²) in [4.78, 5) is 15.2. The second-order valence-corrected chi connectivity index (χ2v) is 7.62. The zero-order valence-electron chi connectivity index (χ0n) is 15.7. The van der Waals surface area contributed by atoms with Crippen molar-refractivity contribution in [2.45, 2.75) is 18.6 Å². The lowest BCUT2D eigenvalue weighted by Crippen LogP contribution is -2.47. The van der Waals surface area contributed by atoms with E-state index in [0.717, 1.165) is 5.69 Å². The first kappa shape index (κ1) is 18.4. The van der Waals surface area contributed by atoms with Crippen molar-refractivity contribution < 1.29 is 18.7 Å². The Bertz CT molecular complexity index is 1010. The molecule has 2 fully saturated rings. The summed E-state index contributed by atoms with van der Waals surface area (Å²) < 4.78 is 18.6. The number of nitrogens with zero attached hydrogens (tertiary/aromatic N) is 3. The molecule has 7 nitrogen and oxygen atoms in total. The molecule has 0 saturated carbocycles. The first-order chi connectivity index (χ1) is 14.1. The van der Waals surface area contributed by atoms with Crippen LogP contribution >= 0.6 is 11.6 Å². The number of hydrogen-bond acceptors (Lipinski definition) is 5. The van der Waals surface area contributed by atoms with Crippen molar-refractivity contribution in [2.24, 2.45) is 0 Å². The minimum atomic E-state index is -0.524. The monoisotopic (exact) mass is 413 g/mol. The van der Waals surface area contributed by atoms with Crippen LogP contribution in [0.25, 0.3) is 17.1 Å². The van der Waals surface area contributed by atoms with E-state index in [1.54, 1.807) is 35.2 Å². The highest BCUT2D eigenvalue weighted by molar-refractivity contribution is 6.30. The summed E-state index contributed by atoms with van der Waals surface area (Å²) >= 11 is 6.17. The number of amides is 1. The first-order valence-corrected chi connectivity index (χ1v) is 9.98. The molecule has 0 aliphatic carbocycles. The summed E-state index contributed by atoms with van der Waals surface area (Å²) in [5.41, 5.74) is 1.77. The zero-order chi connectivity index (χ0) is 19.8. The summed E-state index contributed by atoms with van der Waals surface area (Å²) in [5, 5.41) is 5.19. The van der Waals surface area contributed by atoms with E-state index in [-0.39, 0.29) is 5.91 Å². The highest BCUT2D eigenvalue weighted by Gasteiger charge is 2.41. The van der Waals surface area contributed by atoms with Crippen molar-refractivity contribution in [2.75, 3.05) is 26.3 Å². The van der Waals surface area contributed by atoms with E-state index in [2.05, 4.69) is 5.10 Å². The summed E-state index contributed by atoms with van der Waals surface area (Å²) in [6.45, 7) is 2.36. The molecule has 1 aromatic carbocycles. The smallest absolute Gasteiger partial charge is 0.272 e. The Morgan fingerprint density at radius 1 is 1.07 bits per heavy atom. The van der Waals surface area contributed by atoms with Gasteiger partial charge in [0.05, 0.1) is 25.2 Å². The van der Waals surface area contributed by atoms with E-state index < -0.39 is 5.79 Å². The molecule has 0 unspecified atom stereocenters. The summed E-state index contributed by atoms with van der Waals surface area (Å²) in [6.07, 6.45) is 2.91. The third-order valence-corrected chi connectivity index (χ3v) is 5.62. The fourth-order valence-corrected chi connectivity index (χ4v) is 4.07.